The monoisotopic (exact) mass is 345 g/mol. The van der Waals surface area contributed by atoms with Gasteiger partial charge in [-0.3, -0.25) is 4.79 Å². The highest BCUT2D eigenvalue weighted by Gasteiger charge is 2.28. The van der Waals surface area contributed by atoms with Crippen molar-refractivity contribution in [3.63, 3.8) is 0 Å². The molecule has 1 aliphatic carbocycles. The molecule has 1 aliphatic rings. The minimum absolute atomic E-state index is 0.120. The molecule has 1 aromatic carbocycles. The molecular weight excluding hydrogens is 321 g/mol. The zero-order valence-electron chi connectivity index (χ0n) is 14.7. The van der Waals surface area contributed by atoms with Crippen molar-refractivity contribution in [1.82, 2.24) is 14.7 Å². The highest BCUT2D eigenvalue weighted by atomic mass is 19.1. The van der Waals surface area contributed by atoms with E-state index in [0.717, 1.165) is 31.4 Å². The number of aromatic nitrogens is 2. The first-order valence-corrected chi connectivity index (χ1v) is 8.70. The quantitative estimate of drug-likeness (QED) is 0.927. The Bertz CT molecular complexity index is 751. The Morgan fingerprint density at radius 2 is 2.04 bits per heavy atom. The van der Waals surface area contributed by atoms with Gasteiger partial charge in [0.25, 0.3) is 5.91 Å². The molecule has 0 spiro atoms. The summed E-state index contributed by atoms with van der Waals surface area (Å²) in [6.45, 7) is 2.07. The molecule has 0 aliphatic heterocycles. The lowest BCUT2D eigenvalue weighted by molar-refractivity contribution is 0.0646. The smallest absolute Gasteiger partial charge is 0.274 e. The third-order valence-electron chi connectivity index (χ3n) is 5.10. The minimum Gasteiger partial charge on any atom is -0.396 e. The molecule has 5 nitrogen and oxygen atoms in total. The van der Waals surface area contributed by atoms with Crippen molar-refractivity contribution in [3.05, 3.63) is 47.5 Å². The van der Waals surface area contributed by atoms with Crippen molar-refractivity contribution in [2.75, 3.05) is 13.7 Å². The Morgan fingerprint density at radius 1 is 1.32 bits per heavy atom. The van der Waals surface area contributed by atoms with Crippen molar-refractivity contribution in [1.29, 1.82) is 0 Å². The van der Waals surface area contributed by atoms with E-state index in [1.165, 1.54) is 12.1 Å². The molecule has 1 aromatic heterocycles. The molecule has 1 N–H and O–H groups in total. The number of halogens is 1. The number of carbonyl (C=O) groups is 1. The van der Waals surface area contributed by atoms with Crippen molar-refractivity contribution >= 4 is 5.91 Å². The summed E-state index contributed by atoms with van der Waals surface area (Å²) in [5.74, 6) is -0.0991. The van der Waals surface area contributed by atoms with Gasteiger partial charge in [-0.05, 0) is 62.8 Å². The number of aliphatic hydroxyl groups is 1. The number of carbonyl (C=O) groups excluding carboxylic acids is 1. The van der Waals surface area contributed by atoms with Gasteiger partial charge in [0.1, 0.15) is 5.82 Å². The van der Waals surface area contributed by atoms with Gasteiger partial charge in [-0.2, -0.15) is 5.10 Å². The Labute approximate surface area is 147 Å². The molecule has 1 heterocycles. The molecule has 0 unspecified atom stereocenters. The molecule has 1 amide bonds. The second kappa shape index (κ2) is 7.35. The summed E-state index contributed by atoms with van der Waals surface area (Å²) in [7, 11) is 1.81. The SMILES string of the molecule is Cc1cc(C(=O)N(C)C2CCC(CO)CC2)nn1-c1cccc(F)c1. The van der Waals surface area contributed by atoms with Gasteiger partial charge in [0.05, 0.1) is 5.69 Å². The van der Waals surface area contributed by atoms with Crippen molar-refractivity contribution in [2.24, 2.45) is 5.92 Å². The van der Waals surface area contributed by atoms with Crippen LogP contribution in [0, 0.1) is 18.7 Å². The highest BCUT2D eigenvalue weighted by Crippen LogP contribution is 2.27. The van der Waals surface area contributed by atoms with Crippen LogP contribution in [0.25, 0.3) is 5.69 Å². The lowest BCUT2D eigenvalue weighted by Gasteiger charge is -2.33. The first-order chi connectivity index (χ1) is 12.0. The Morgan fingerprint density at radius 3 is 2.68 bits per heavy atom. The normalized spacial score (nSPS) is 20.5. The lowest BCUT2D eigenvalue weighted by Crippen LogP contribution is -2.40. The summed E-state index contributed by atoms with van der Waals surface area (Å²) in [4.78, 5) is 14.5. The first-order valence-electron chi connectivity index (χ1n) is 8.70. The number of aryl methyl sites for hydroxylation is 1. The molecule has 0 atom stereocenters. The van der Waals surface area contributed by atoms with Crippen LogP contribution in [0.4, 0.5) is 4.39 Å². The number of benzene rings is 1. The molecule has 134 valence electrons. The average Bonchev–Trinajstić information content (AvgIpc) is 3.02. The predicted octanol–water partition coefficient (Wildman–Crippen LogP) is 2.94. The van der Waals surface area contributed by atoms with Gasteiger partial charge in [0.2, 0.25) is 0 Å². The molecule has 0 radical (unpaired) electrons. The number of amides is 1. The van der Waals surface area contributed by atoms with Crippen molar-refractivity contribution < 1.29 is 14.3 Å². The summed E-state index contributed by atoms with van der Waals surface area (Å²) in [5.41, 5.74) is 1.75. The molecule has 3 rings (SSSR count). The largest absolute Gasteiger partial charge is 0.396 e. The Hall–Kier alpha value is -2.21. The fraction of sp³-hybridized carbons (Fsp3) is 0.474. The lowest BCUT2D eigenvalue weighted by atomic mass is 9.86. The molecule has 0 bridgehead atoms. The van der Waals surface area contributed by atoms with E-state index in [2.05, 4.69) is 5.10 Å². The maximum absolute atomic E-state index is 13.4. The van der Waals surface area contributed by atoms with E-state index in [1.807, 2.05) is 14.0 Å². The van der Waals surface area contributed by atoms with Crippen LogP contribution in [0.1, 0.15) is 41.9 Å². The van der Waals surface area contributed by atoms with Gasteiger partial charge in [-0.15, -0.1) is 0 Å². The summed E-state index contributed by atoms with van der Waals surface area (Å²) in [6.07, 6.45) is 3.68. The van der Waals surface area contributed by atoms with E-state index in [0.29, 0.717) is 17.3 Å². The van der Waals surface area contributed by atoms with Crippen LogP contribution >= 0.6 is 0 Å². The molecule has 6 heteroatoms. The third-order valence-corrected chi connectivity index (χ3v) is 5.10. The summed E-state index contributed by atoms with van der Waals surface area (Å²) in [5, 5.41) is 13.6. The molecule has 0 saturated heterocycles. The van der Waals surface area contributed by atoms with Gasteiger partial charge >= 0.3 is 0 Å². The van der Waals surface area contributed by atoms with Gasteiger partial charge in [-0.1, -0.05) is 6.07 Å². The number of hydrogen-bond acceptors (Lipinski definition) is 3. The number of rotatable bonds is 4. The van der Waals surface area contributed by atoms with E-state index < -0.39 is 0 Å². The van der Waals surface area contributed by atoms with E-state index in [1.54, 1.807) is 27.8 Å². The summed E-state index contributed by atoms with van der Waals surface area (Å²) in [6, 6.07) is 8.08. The predicted molar refractivity (Wildman–Crippen MR) is 93.2 cm³/mol. The second-order valence-corrected chi connectivity index (χ2v) is 6.84. The summed E-state index contributed by atoms with van der Waals surface area (Å²) < 4.78 is 15.0. The fourth-order valence-electron chi connectivity index (χ4n) is 3.51. The van der Waals surface area contributed by atoms with Crippen LogP contribution in [0.15, 0.2) is 30.3 Å². The van der Waals surface area contributed by atoms with Crippen LogP contribution in [-0.4, -0.2) is 45.4 Å². The highest BCUT2D eigenvalue weighted by molar-refractivity contribution is 5.92. The van der Waals surface area contributed by atoms with E-state index in [4.69, 9.17) is 0 Å². The van der Waals surface area contributed by atoms with Crippen LogP contribution in [0.2, 0.25) is 0 Å². The molecule has 1 fully saturated rings. The van der Waals surface area contributed by atoms with Gasteiger partial charge < -0.3 is 10.0 Å². The minimum atomic E-state index is -0.335. The Kier molecular flexibility index (Phi) is 5.18. The van der Waals surface area contributed by atoms with Crippen LogP contribution < -0.4 is 0 Å². The van der Waals surface area contributed by atoms with E-state index >= 15 is 0 Å². The van der Waals surface area contributed by atoms with Gasteiger partial charge in [-0.25, -0.2) is 9.07 Å². The molecule has 2 aromatic rings. The van der Waals surface area contributed by atoms with E-state index in [-0.39, 0.29) is 24.4 Å². The van der Waals surface area contributed by atoms with E-state index in [9.17, 15) is 14.3 Å². The first kappa shape index (κ1) is 17.6. The topological polar surface area (TPSA) is 58.4 Å². The second-order valence-electron chi connectivity index (χ2n) is 6.84. The average molecular weight is 345 g/mol. The third kappa shape index (κ3) is 3.74. The van der Waals surface area contributed by atoms with Crippen LogP contribution in [-0.2, 0) is 0 Å². The fourth-order valence-corrected chi connectivity index (χ4v) is 3.51. The zero-order chi connectivity index (χ0) is 18.0. The van der Waals surface area contributed by atoms with Crippen molar-refractivity contribution in [3.8, 4) is 5.69 Å². The number of hydrogen-bond donors (Lipinski definition) is 1. The van der Waals surface area contributed by atoms with Gasteiger partial charge in [0.15, 0.2) is 5.69 Å². The number of nitrogens with zero attached hydrogens (tertiary/aromatic N) is 3. The van der Waals surface area contributed by atoms with Crippen LogP contribution in [0.3, 0.4) is 0 Å². The maximum atomic E-state index is 13.4. The molecule has 25 heavy (non-hydrogen) atoms. The number of aliphatic hydroxyl groups excluding tert-OH is 1. The van der Waals surface area contributed by atoms with Crippen molar-refractivity contribution in [2.45, 2.75) is 38.6 Å². The zero-order valence-corrected chi connectivity index (χ0v) is 14.7. The Balaban J connectivity index is 1.76. The van der Waals surface area contributed by atoms with Gasteiger partial charge in [0, 0.05) is 25.4 Å². The van der Waals surface area contributed by atoms with Crippen LogP contribution in [0.5, 0.6) is 0 Å². The molecule has 1 saturated carbocycles. The maximum Gasteiger partial charge on any atom is 0.274 e. The standard InChI is InChI=1S/C19H24FN3O2/c1-13-10-18(21-23(13)17-5-3-4-15(20)11-17)19(25)22(2)16-8-6-14(12-24)7-9-16/h3-5,10-11,14,16,24H,6-9,12H2,1-2H3. The molecular formula is C19H24FN3O2. The summed E-state index contributed by atoms with van der Waals surface area (Å²) >= 11 is 0.